The van der Waals surface area contributed by atoms with Crippen LogP contribution in [0.5, 0.6) is 0 Å². The summed E-state index contributed by atoms with van der Waals surface area (Å²) < 4.78 is 7.35. The van der Waals surface area contributed by atoms with E-state index in [1.807, 2.05) is 18.7 Å². The van der Waals surface area contributed by atoms with E-state index in [9.17, 15) is 0 Å². The molecule has 0 aliphatic carbocycles. The molecule has 0 amide bonds. The molecule has 1 aliphatic rings. The number of nitrogens with zero attached hydrogens (tertiary/aromatic N) is 2. The Morgan fingerprint density at radius 1 is 1.69 bits per heavy atom. The van der Waals surface area contributed by atoms with Gasteiger partial charge in [0.1, 0.15) is 0 Å². The Labute approximate surface area is 97.0 Å². The largest absolute Gasteiger partial charge is 0.381 e. The van der Waals surface area contributed by atoms with Crippen LogP contribution in [0.2, 0.25) is 0 Å². The minimum Gasteiger partial charge on any atom is -0.381 e. The van der Waals surface area contributed by atoms with E-state index < -0.39 is 0 Å². The minimum atomic E-state index is 0.512. The molecule has 2 heterocycles. The Kier molecular flexibility index (Phi) is 3.61. The summed E-state index contributed by atoms with van der Waals surface area (Å²) in [6, 6.07) is 2.64. The summed E-state index contributed by atoms with van der Waals surface area (Å²) in [5.74, 6) is 0.661. The second-order valence-electron chi connectivity index (χ2n) is 4.69. The van der Waals surface area contributed by atoms with Crippen LogP contribution >= 0.6 is 0 Å². The monoisotopic (exact) mass is 223 g/mol. The molecule has 0 bridgehead atoms. The Morgan fingerprint density at radius 3 is 3.06 bits per heavy atom. The Balaban J connectivity index is 1.84. The number of nitrogens with one attached hydrogen (secondary N) is 1. The van der Waals surface area contributed by atoms with Crippen molar-refractivity contribution in [3.8, 4) is 0 Å². The van der Waals surface area contributed by atoms with Gasteiger partial charge in [0.05, 0.1) is 18.0 Å². The normalized spacial score (nSPS) is 22.6. The van der Waals surface area contributed by atoms with Crippen LogP contribution in [0.3, 0.4) is 0 Å². The van der Waals surface area contributed by atoms with Crippen LogP contribution in [0.4, 0.5) is 0 Å². The lowest BCUT2D eigenvalue weighted by Gasteiger charge is -2.19. The van der Waals surface area contributed by atoms with Crippen molar-refractivity contribution in [3.63, 3.8) is 0 Å². The highest BCUT2D eigenvalue weighted by molar-refractivity contribution is 5.08. The summed E-state index contributed by atoms with van der Waals surface area (Å²) in [6.07, 6.45) is 1.18. The summed E-state index contributed by atoms with van der Waals surface area (Å²) in [5.41, 5.74) is 2.32. The molecule has 16 heavy (non-hydrogen) atoms. The Bertz CT molecular complexity index is 342. The number of aryl methyl sites for hydroxylation is 2. The number of aromatic nitrogens is 2. The lowest BCUT2D eigenvalue weighted by atomic mass is 10.0. The highest BCUT2D eigenvalue weighted by Crippen LogP contribution is 2.16. The van der Waals surface area contributed by atoms with Gasteiger partial charge in [0.25, 0.3) is 0 Å². The van der Waals surface area contributed by atoms with Crippen molar-refractivity contribution in [2.75, 3.05) is 13.2 Å². The van der Waals surface area contributed by atoms with Crippen molar-refractivity contribution in [2.45, 2.75) is 32.9 Å². The van der Waals surface area contributed by atoms with E-state index in [4.69, 9.17) is 4.74 Å². The third-order valence-corrected chi connectivity index (χ3v) is 3.38. The Morgan fingerprint density at radius 2 is 2.50 bits per heavy atom. The summed E-state index contributed by atoms with van der Waals surface area (Å²) >= 11 is 0. The van der Waals surface area contributed by atoms with Gasteiger partial charge in [-0.15, -0.1) is 0 Å². The number of hydrogen-bond donors (Lipinski definition) is 1. The summed E-state index contributed by atoms with van der Waals surface area (Å²) in [6.45, 7) is 6.97. The van der Waals surface area contributed by atoms with E-state index >= 15 is 0 Å². The number of ether oxygens (including phenoxy) is 1. The molecule has 4 nitrogen and oxygen atoms in total. The lowest BCUT2D eigenvalue weighted by molar-refractivity contribution is 0.178. The third-order valence-electron chi connectivity index (χ3n) is 3.38. The first-order valence-corrected chi connectivity index (χ1v) is 5.97. The first-order valence-electron chi connectivity index (χ1n) is 5.97. The van der Waals surface area contributed by atoms with Gasteiger partial charge in [-0.2, -0.15) is 5.10 Å². The van der Waals surface area contributed by atoms with Crippen molar-refractivity contribution >= 4 is 0 Å². The molecule has 1 aromatic heterocycles. The van der Waals surface area contributed by atoms with E-state index in [-0.39, 0.29) is 0 Å². The first kappa shape index (κ1) is 11.6. The summed E-state index contributed by atoms with van der Waals surface area (Å²) in [4.78, 5) is 0. The molecule has 2 rings (SSSR count). The fourth-order valence-corrected chi connectivity index (χ4v) is 2.21. The van der Waals surface area contributed by atoms with Gasteiger partial charge < -0.3 is 10.1 Å². The fraction of sp³-hybridized carbons (Fsp3) is 0.750. The minimum absolute atomic E-state index is 0.512. The summed E-state index contributed by atoms with van der Waals surface area (Å²) in [5, 5.41) is 7.89. The zero-order chi connectivity index (χ0) is 11.5. The second kappa shape index (κ2) is 4.97. The zero-order valence-corrected chi connectivity index (χ0v) is 10.4. The molecule has 4 heteroatoms. The van der Waals surface area contributed by atoms with Gasteiger partial charge in [-0.05, 0) is 32.3 Å². The molecular formula is C12H21N3O. The van der Waals surface area contributed by atoms with Gasteiger partial charge in [0.2, 0.25) is 0 Å². The smallest absolute Gasteiger partial charge is 0.0597 e. The van der Waals surface area contributed by atoms with Crippen LogP contribution in [0.25, 0.3) is 0 Å². The molecular weight excluding hydrogens is 202 g/mol. The topological polar surface area (TPSA) is 39.1 Å². The number of rotatable bonds is 4. The van der Waals surface area contributed by atoms with Gasteiger partial charge in [-0.3, -0.25) is 4.68 Å². The summed E-state index contributed by atoms with van der Waals surface area (Å²) in [7, 11) is 1.99. The van der Waals surface area contributed by atoms with E-state index in [0.717, 1.165) is 25.5 Å². The standard InChI is InChI=1S/C12H21N3O/c1-9-6-12(15(3)14-9)7-13-10(2)11-4-5-16-8-11/h6,10-11,13H,4-5,7-8H2,1-3H3. The van der Waals surface area contributed by atoms with Crippen molar-refractivity contribution in [1.82, 2.24) is 15.1 Å². The van der Waals surface area contributed by atoms with Crippen LogP contribution in [-0.2, 0) is 18.3 Å². The molecule has 1 aliphatic heterocycles. The fourth-order valence-electron chi connectivity index (χ4n) is 2.21. The second-order valence-corrected chi connectivity index (χ2v) is 4.69. The van der Waals surface area contributed by atoms with E-state index in [0.29, 0.717) is 12.0 Å². The predicted molar refractivity (Wildman–Crippen MR) is 63.2 cm³/mol. The molecule has 1 saturated heterocycles. The molecule has 0 spiro atoms. The van der Waals surface area contributed by atoms with Crippen LogP contribution in [0.1, 0.15) is 24.7 Å². The molecule has 2 unspecified atom stereocenters. The van der Waals surface area contributed by atoms with E-state index in [1.54, 1.807) is 0 Å². The van der Waals surface area contributed by atoms with Gasteiger partial charge in [-0.25, -0.2) is 0 Å². The third kappa shape index (κ3) is 2.62. The van der Waals surface area contributed by atoms with Crippen molar-refractivity contribution in [1.29, 1.82) is 0 Å². The van der Waals surface area contributed by atoms with Gasteiger partial charge in [0, 0.05) is 26.2 Å². The molecule has 1 fully saturated rings. The maximum atomic E-state index is 5.40. The van der Waals surface area contributed by atoms with Crippen LogP contribution in [0.15, 0.2) is 6.07 Å². The SMILES string of the molecule is Cc1cc(CNC(C)C2CCOC2)n(C)n1. The van der Waals surface area contributed by atoms with Crippen LogP contribution < -0.4 is 5.32 Å². The molecule has 1 aromatic rings. The lowest BCUT2D eigenvalue weighted by Crippen LogP contribution is -2.33. The molecule has 0 radical (unpaired) electrons. The van der Waals surface area contributed by atoms with E-state index in [1.165, 1.54) is 12.1 Å². The van der Waals surface area contributed by atoms with Gasteiger partial charge in [0.15, 0.2) is 0 Å². The van der Waals surface area contributed by atoms with Crippen molar-refractivity contribution in [2.24, 2.45) is 13.0 Å². The maximum absolute atomic E-state index is 5.40. The molecule has 2 atom stereocenters. The predicted octanol–water partition coefficient (Wildman–Crippen LogP) is 1.24. The molecule has 0 aromatic carbocycles. The molecule has 1 N–H and O–H groups in total. The zero-order valence-electron chi connectivity index (χ0n) is 10.4. The highest BCUT2D eigenvalue weighted by atomic mass is 16.5. The van der Waals surface area contributed by atoms with Crippen molar-refractivity contribution in [3.05, 3.63) is 17.5 Å². The molecule has 90 valence electrons. The van der Waals surface area contributed by atoms with Crippen molar-refractivity contribution < 1.29 is 4.74 Å². The molecule has 0 saturated carbocycles. The average molecular weight is 223 g/mol. The Hall–Kier alpha value is -0.870. The highest BCUT2D eigenvalue weighted by Gasteiger charge is 2.21. The maximum Gasteiger partial charge on any atom is 0.0597 e. The van der Waals surface area contributed by atoms with Gasteiger partial charge >= 0.3 is 0 Å². The van der Waals surface area contributed by atoms with Crippen LogP contribution in [-0.4, -0.2) is 29.0 Å². The number of hydrogen-bond acceptors (Lipinski definition) is 3. The first-order chi connectivity index (χ1) is 7.66. The van der Waals surface area contributed by atoms with E-state index in [2.05, 4.69) is 23.4 Å². The average Bonchev–Trinajstić information content (AvgIpc) is 2.84. The van der Waals surface area contributed by atoms with Gasteiger partial charge in [-0.1, -0.05) is 0 Å². The van der Waals surface area contributed by atoms with Crippen LogP contribution in [0, 0.1) is 12.8 Å². The quantitative estimate of drug-likeness (QED) is 0.835.